The minimum atomic E-state index is -1.25. The van der Waals surface area contributed by atoms with Crippen molar-refractivity contribution in [2.75, 3.05) is 0 Å². The molecular weight excluding hydrogens is 151 g/mol. The second kappa shape index (κ2) is 3.05. The summed E-state index contributed by atoms with van der Waals surface area (Å²) >= 11 is 0. The second-order valence-corrected chi connectivity index (χ2v) is 2.96. The highest BCUT2D eigenvalue weighted by atomic mass is 19.1. The molecule has 1 aliphatic rings. The molecule has 0 spiro atoms. The third kappa shape index (κ3) is 1.52. The van der Waals surface area contributed by atoms with Gasteiger partial charge in [-0.05, 0) is 13.8 Å². The first-order valence-corrected chi connectivity index (χ1v) is 3.69. The maximum atomic E-state index is 12.6. The first kappa shape index (κ1) is 8.90. The number of hydrogen-bond acceptors (Lipinski definition) is 3. The minimum absolute atomic E-state index is 0.479. The Labute approximate surface area is 64.8 Å². The predicted molar refractivity (Wildman–Crippen MR) is 36.9 cm³/mol. The van der Waals surface area contributed by atoms with Crippen LogP contribution in [0.3, 0.4) is 0 Å². The number of hydrogen-bond donors (Lipinski definition) is 2. The van der Waals surface area contributed by atoms with E-state index in [1.165, 1.54) is 6.92 Å². The molecule has 66 valence electrons. The summed E-state index contributed by atoms with van der Waals surface area (Å²) in [4.78, 5) is 0. The zero-order valence-corrected chi connectivity index (χ0v) is 6.57. The molecule has 0 aromatic rings. The Morgan fingerprint density at radius 1 is 1.36 bits per heavy atom. The number of ether oxygens (including phenoxy) is 1. The Hall–Kier alpha value is -0.190. The van der Waals surface area contributed by atoms with Gasteiger partial charge in [0.25, 0.3) is 0 Å². The lowest BCUT2D eigenvalue weighted by Crippen LogP contribution is -2.35. The van der Waals surface area contributed by atoms with Gasteiger partial charge < -0.3 is 14.9 Å². The van der Waals surface area contributed by atoms with Crippen molar-refractivity contribution >= 4 is 0 Å². The average molecular weight is 164 g/mol. The molecule has 1 fully saturated rings. The molecule has 0 saturated carbocycles. The van der Waals surface area contributed by atoms with Crippen LogP contribution in [0.25, 0.3) is 0 Å². The molecule has 0 radical (unpaired) electrons. The van der Waals surface area contributed by atoms with Crippen molar-refractivity contribution in [2.45, 2.75) is 44.4 Å². The van der Waals surface area contributed by atoms with E-state index in [9.17, 15) is 9.50 Å². The molecule has 0 aliphatic carbocycles. The standard InChI is InChI=1S/C7H13FO3/c1-3(8)7-6(10)5(9)4(2)11-7/h3-7,9-10H,1-2H3/t3?,4-,5?,6?,7+/m0/s1. The summed E-state index contributed by atoms with van der Waals surface area (Å²) in [7, 11) is 0. The van der Waals surface area contributed by atoms with Crippen molar-refractivity contribution in [3.8, 4) is 0 Å². The van der Waals surface area contributed by atoms with Crippen LogP contribution in [0.5, 0.6) is 0 Å². The van der Waals surface area contributed by atoms with Crippen LogP contribution in [0.15, 0.2) is 0 Å². The van der Waals surface area contributed by atoms with Crippen molar-refractivity contribution in [3.05, 3.63) is 0 Å². The van der Waals surface area contributed by atoms with Gasteiger partial charge in [-0.15, -0.1) is 0 Å². The monoisotopic (exact) mass is 164 g/mol. The van der Waals surface area contributed by atoms with Crippen molar-refractivity contribution in [1.29, 1.82) is 0 Å². The van der Waals surface area contributed by atoms with Crippen LogP contribution in [0, 0.1) is 0 Å². The average Bonchev–Trinajstić information content (AvgIpc) is 2.17. The SMILES string of the molecule is CC(F)[C@H]1O[C@@H](C)C(O)C1O. The Morgan fingerprint density at radius 3 is 2.09 bits per heavy atom. The molecule has 1 aliphatic heterocycles. The Kier molecular flexibility index (Phi) is 2.47. The summed E-state index contributed by atoms with van der Waals surface area (Å²) in [5.41, 5.74) is 0. The molecule has 0 bridgehead atoms. The number of rotatable bonds is 1. The second-order valence-electron chi connectivity index (χ2n) is 2.96. The molecule has 3 nitrogen and oxygen atoms in total. The smallest absolute Gasteiger partial charge is 0.126 e. The Morgan fingerprint density at radius 2 is 1.91 bits per heavy atom. The van der Waals surface area contributed by atoms with Crippen LogP contribution in [-0.4, -0.2) is 40.8 Å². The van der Waals surface area contributed by atoms with Crippen LogP contribution in [0.4, 0.5) is 4.39 Å². The topological polar surface area (TPSA) is 49.7 Å². The fourth-order valence-electron chi connectivity index (χ4n) is 1.26. The van der Waals surface area contributed by atoms with E-state index in [0.29, 0.717) is 0 Å². The predicted octanol–water partition coefficient (Wildman–Crippen LogP) is -0.147. The lowest BCUT2D eigenvalue weighted by molar-refractivity contribution is -0.0265. The molecule has 0 aromatic carbocycles. The third-order valence-corrected chi connectivity index (χ3v) is 1.99. The quantitative estimate of drug-likeness (QED) is 0.566. The molecular formula is C7H13FO3. The number of alkyl halides is 1. The van der Waals surface area contributed by atoms with Crippen LogP contribution >= 0.6 is 0 Å². The summed E-state index contributed by atoms with van der Waals surface area (Å²) in [5, 5.41) is 18.3. The first-order valence-electron chi connectivity index (χ1n) is 3.69. The van der Waals surface area contributed by atoms with E-state index in [2.05, 4.69) is 0 Å². The van der Waals surface area contributed by atoms with E-state index in [-0.39, 0.29) is 0 Å². The molecule has 1 rings (SSSR count). The fourth-order valence-corrected chi connectivity index (χ4v) is 1.26. The summed E-state index contributed by atoms with van der Waals surface area (Å²) in [6, 6.07) is 0. The molecule has 0 amide bonds. The number of halogens is 1. The molecule has 3 unspecified atom stereocenters. The van der Waals surface area contributed by atoms with Gasteiger partial charge in [-0.2, -0.15) is 0 Å². The number of aliphatic hydroxyl groups is 2. The van der Waals surface area contributed by atoms with Gasteiger partial charge in [0.1, 0.15) is 24.5 Å². The van der Waals surface area contributed by atoms with Crippen molar-refractivity contribution < 1.29 is 19.3 Å². The van der Waals surface area contributed by atoms with Gasteiger partial charge in [-0.3, -0.25) is 0 Å². The van der Waals surface area contributed by atoms with E-state index in [1.54, 1.807) is 6.92 Å². The summed E-state index contributed by atoms with van der Waals surface area (Å²) in [6.45, 7) is 2.91. The van der Waals surface area contributed by atoms with Gasteiger partial charge in [0.15, 0.2) is 0 Å². The van der Waals surface area contributed by atoms with Gasteiger partial charge in [0.05, 0.1) is 6.10 Å². The lowest BCUT2D eigenvalue weighted by Gasteiger charge is -2.14. The van der Waals surface area contributed by atoms with Crippen molar-refractivity contribution in [1.82, 2.24) is 0 Å². The van der Waals surface area contributed by atoms with E-state index in [4.69, 9.17) is 9.84 Å². The molecule has 5 atom stereocenters. The fraction of sp³-hybridized carbons (Fsp3) is 1.00. The normalized spacial score (nSPS) is 47.7. The highest BCUT2D eigenvalue weighted by Crippen LogP contribution is 2.24. The highest BCUT2D eigenvalue weighted by molar-refractivity contribution is 4.90. The third-order valence-electron chi connectivity index (χ3n) is 1.99. The Bertz CT molecular complexity index is 140. The van der Waals surface area contributed by atoms with Crippen molar-refractivity contribution in [3.63, 3.8) is 0 Å². The van der Waals surface area contributed by atoms with Crippen LogP contribution in [0.1, 0.15) is 13.8 Å². The maximum absolute atomic E-state index is 12.6. The molecule has 0 aromatic heterocycles. The van der Waals surface area contributed by atoms with E-state index in [1.807, 2.05) is 0 Å². The zero-order valence-electron chi connectivity index (χ0n) is 6.57. The zero-order chi connectivity index (χ0) is 8.59. The van der Waals surface area contributed by atoms with Crippen LogP contribution in [-0.2, 0) is 4.74 Å². The molecule has 1 saturated heterocycles. The van der Waals surface area contributed by atoms with Gasteiger partial charge in [0, 0.05) is 0 Å². The summed E-state index contributed by atoms with van der Waals surface area (Å²) < 4.78 is 17.6. The van der Waals surface area contributed by atoms with Gasteiger partial charge >= 0.3 is 0 Å². The van der Waals surface area contributed by atoms with Crippen LogP contribution < -0.4 is 0 Å². The Balaban J connectivity index is 2.59. The number of aliphatic hydroxyl groups excluding tert-OH is 2. The summed E-state index contributed by atoms with van der Waals surface area (Å²) in [5.74, 6) is 0. The lowest BCUT2D eigenvalue weighted by atomic mass is 10.1. The maximum Gasteiger partial charge on any atom is 0.126 e. The summed E-state index contributed by atoms with van der Waals surface area (Å²) in [6.07, 6.45) is -4.65. The van der Waals surface area contributed by atoms with Gasteiger partial charge in [0.2, 0.25) is 0 Å². The molecule has 2 N–H and O–H groups in total. The largest absolute Gasteiger partial charge is 0.388 e. The van der Waals surface area contributed by atoms with Crippen molar-refractivity contribution in [2.24, 2.45) is 0 Å². The van der Waals surface area contributed by atoms with Gasteiger partial charge in [-0.1, -0.05) is 0 Å². The van der Waals surface area contributed by atoms with E-state index in [0.717, 1.165) is 0 Å². The molecule has 1 heterocycles. The minimum Gasteiger partial charge on any atom is -0.388 e. The van der Waals surface area contributed by atoms with E-state index >= 15 is 0 Å². The van der Waals surface area contributed by atoms with Gasteiger partial charge in [-0.25, -0.2) is 4.39 Å². The first-order chi connectivity index (χ1) is 5.04. The molecule has 11 heavy (non-hydrogen) atoms. The van der Waals surface area contributed by atoms with E-state index < -0.39 is 30.6 Å². The highest BCUT2D eigenvalue weighted by Gasteiger charge is 2.42. The van der Waals surface area contributed by atoms with Crippen LogP contribution in [0.2, 0.25) is 0 Å². The molecule has 4 heteroatoms.